The van der Waals surface area contributed by atoms with Crippen molar-refractivity contribution in [3.63, 3.8) is 0 Å². The van der Waals surface area contributed by atoms with Crippen LogP contribution in [0.1, 0.15) is 48.5 Å². The Bertz CT molecular complexity index is 1340. The summed E-state index contributed by atoms with van der Waals surface area (Å²) in [5.41, 5.74) is 4.36. The Labute approximate surface area is 203 Å². The number of nitrogens with zero attached hydrogens (tertiary/aromatic N) is 1. The molecule has 2 aromatic heterocycles. The van der Waals surface area contributed by atoms with Crippen molar-refractivity contribution in [2.24, 2.45) is 0 Å². The van der Waals surface area contributed by atoms with Gasteiger partial charge in [0.1, 0.15) is 17.3 Å². The van der Waals surface area contributed by atoms with Gasteiger partial charge >= 0.3 is 0 Å². The molecule has 0 saturated carbocycles. The van der Waals surface area contributed by atoms with Gasteiger partial charge in [0.2, 0.25) is 0 Å². The number of allylic oxidation sites excluding steroid dienone is 3. The molecule has 2 N–H and O–H groups in total. The summed E-state index contributed by atoms with van der Waals surface area (Å²) in [5.74, 6) is 0.916. The summed E-state index contributed by atoms with van der Waals surface area (Å²) in [5, 5.41) is 6.29. The van der Waals surface area contributed by atoms with Crippen LogP contribution in [-0.2, 0) is 9.59 Å². The summed E-state index contributed by atoms with van der Waals surface area (Å²) >= 11 is 0. The van der Waals surface area contributed by atoms with Crippen LogP contribution in [0.3, 0.4) is 0 Å². The van der Waals surface area contributed by atoms with Crippen LogP contribution in [-0.4, -0.2) is 23.8 Å². The van der Waals surface area contributed by atoms with Crippen LogP contribution in [0.15, 0.2) is 87.9 Å². The van der Waals surface area contributed by atoms with E-state index in [1.807, 2.05) is 56.3 Å². The fourth-order valence-corrected chi connectivity index (χ4v) is 5.01. The molecule has 35 heavy (non-hydrogen) atoms. The number of carbonyl (C=O) groups excluding carboxylic acids is 2. The van der Waals surface area contributed by atoms with Gasteiger partial charge in [-0.2, -0.15) is 0 Å². The van der Waals surface area contributed by atoms with E-state index in [4.69, 9.17) is 9.15 Å². The van der Waals surface area contributed by atoms with Gasteiger partial charge in [0.15, 0.2) is 5.78 Å². The van der Waals surface area contributed by atoms with Crippen molar-refractivity contribution in [1.29, 1.82) is 0 Å². The van der Waals surface area contributed by atoms with Crippen LogP contribution in [0.25, 0.3) is 0 Å². The summed E-state index contributed by atoms with van der Waals surface area (Å²) < 4.78 is 11.3. The average Bonchev–Trinajstić information content (AvgIpc) is 3.39. The van der Waals surface area contributed by atoms with Gasteiger partial charge in [-0.15, -0.1) is 0 Å². The molecule has 0 bridgehead atoms. The SMILES string of the molecule is COc1ccccc1[C@@H]1C(C(=O)Nc2ccc(C)cn2)=C(C)NC2=C1C(=O)C[C@H](c1ccco1)C2. The van der Waals surface area contributed by atoms with Gasteiger partial charge in [-0.25, -0.2) is 4.98 Å². The van der Waals surface area contributed by atoms with Gasteiger partial charge in [-0.1, -0.05) is 24.3 Å². The molecule has 0 radical (unpaired) electrons. The number of benzene rings is 1. The van der Waals surface area contributed by atoms with Crippen LogP contribution in [0.5, 0.6) is 5.75 Å². The zero-order chi connectivity index (χ0) is 24.5. The lowest BCUT2D eigenvalue weighted by Gasteiger charge is -2.36. The van der Waals surface area contributed by atoms with Crippen molar-refractivity contribution in [3.8, 4) is 5.75 Å². The Kier molecular flexibility index (Phi) is 5.99. The van der Waals surface area contributed by atoms with Crippen LogP contribution >= 0.6 is 0 Å². The van der Waals surface area contributed by atoms with E-state index in [0.717, 1.165) is 22.6 Å². The molecule has 178 valence electrons. The first-order valence-corrected chi connectivity index (χ1v) is 11.6. The number of para-hydroxylation sites is 1. The van der Waals surface area contributed by atoms with E-state index in [1.54, 1.807) is 25.6 Å². The van der Waals surface area contributed by atoms with Gasteiger partial charge in [0.05, 0.1) is 19.3 Å². The molecule has 3 aromatic rings. The van der Waals surface area contributed by atoms with Gasteiger partial charge in [0.25, 0.3) is 5.91 Å². The van der Waals surface area contributed by atoms with E-state index in [-0.39, 0.29) is 17.6 Å². The number of ether oxygens (including phenoxy) is 1. The van der Waals surface area contributed by atoms with Crippen molar-refractivity contribution >= 4 is 17.5 Å². The first-order chi connectivity index (χ1) is 17.0. The minimum atomic E-state index is -0.571. The molecule has 5 rings (SSSR count). The molecule has 0 spiro atoms. The second-order valence-electron chi connectivity index (χ2n) is 8.95. The number of dihydropyridines is 1. The predicted molar refractivity (Wildman–Crippen MR) is 132 cm³/mol. The molecular weight excluding hydrogens is 442 g/mol. The highest BCUT2D eigenvalue weighted by Crippen LogP contribution is 2.47. The van der Waals surface area contributed by atoms with E-state index in [9.17, 15) is 9.59 Å². The highest BCUT2D eigenvalue weighted by atomic mass is 16.5. The topological polar surface area (TPSA) is 93.5 Å². The fraction of sp³-hybridized carbons (Fsp3) is 0.250. The molecule has 1 amide bonds. The lowest BCUT2D eigenvalue weighted by molar-refractivity contribution is -0.116. The van der Waals surface area contributed by atoms with Crippen molar-refractivity contribution in [1.82, 2.24) is 10.3 Å². The molecule has 0 fully saturated rings. The van der Waals surface area contributed by atoms with Crippen LogP contribution in [0.4, 0.5) is 5.82 Å². The highest BCUT2D eigenvalue weighted by molar-refractivity contribution is 6.09. The maximum Gasteiger partial charge on any atom is 0.255 e. The van der Waals surface area contributed by atoms with Gasteiger partial charge in [0, 0.05) is 46.6 Å². The highest BCUT2D eigenvalue weighted by Gasteiger charge is 2.42. The normalized spacial score (nSPS) is 19.8. The molecular formula is C28H27N3O4. The Morgan fingerprint density at radius 2 is 1.94 bits per heavy atom. The third-order valence-corrected chi connectivity index (χ3v) is 6.62. The number of rotatable bonds is 5. The van der Waals surface area contributed by atoms with Crippen LogP contribution < -0.4 is 15.4 Å². The van der Waals surface area contributed by atoms with Crippen molar-refractivity contribution in [2.75, 3.05) is 12.4 Å². The van der Waals surface area contributed by atoms with Crippen LogP contribution in [0.2, 0.25) is 0 Å². The van der Waals surface area contributed by atoms with E-state index in [2.05, 4.69) is 15.6 Å². The summed E-state index contributed by atoms with van der Waals surface area (Å²) in [6, 6.07) is 14.9. The number of ketones is 1. The largest absolute Gasteiger partial charge is 0.496 e. The molecule has 1 aliphatic carbocycles. The zero-order valence-electron chi connectivity index (χ0n) is 19.9. The number of pyridine rings is 1. The van der Waals surface area contributed by atoms with Crippen molar-refractivity contribution in [3.05, 3.63) is 100 Å². The monoisotopic (exact) mass is 469 g/mol. The Morgan fingerprint density at radius 3 is 2.66 bits per heavy atom. The maximum atomic E-state index is 13.6. The van der Waals surface area contributed by atoms with E-state index >= 15 is 0 Å². The zero-order valence-corrected chi connectivity index (χ0v) is 19.9. The number of amides is 1. The van der Waals surface area contributed by atoms with E-state index in [0.29, 0.717) is 41.3 Å². The summed E-state index contributed by atoms with van der Waals surface area (Å²) in [6.45, 7) is 3.80. The molecule has 1 aromatic carbocycles. The maximum absolute atomic E-state index is 13.6. The number of aromatic nitrogens is 1. The standard InChI is InChI=1S/C28H27N3O4/c1-16-10-11-24(29-15-16)31-28(33)25-17(2)30-20-13-18(22-9-6-12-35-22)14-21(32)27(20)26(25)19-7-4-5-8-23(19)34-3/h4-12,15,18,26,30H,13-14H2,1-3H3,(H,29,31,33)/t18-,26-/m1/s1. The first kappa shape index (κ1) is 22.7. The Balaban J connectivity index is 1.59. The minimum Gasteiger partial charge on any atom is -0.496 e. The second kappa shape index (κ2) is 9.25. The number of furan rings is 1. The van der Waals surface area contributed by atoms with Crippen molar-refractivity contribution in [2.45, 2.75) is 38.5 Å². The second-order valence-corrected chi connectivity index (χ2v) is 8.95. The van der Waals surface area contributed by atoms with Gasteiger partial charge in [-0.05, 0) is 50.1 Å². The smallest absolute Gasteiger partial charge is 0.255 e. The number of anilines is 1. The number of aryl methyl sites for hydroxylation is 1. The molecule has 1 aliphatic heterocycles. The summed E-state index contributed by atoms with van der Waals surface area (Å²) in [4.78, 5) is 31.6. The molecule has 2 aliphatic rings. The number of nitrogens with one attached hydrogen (secondary N) is 2. The van der Waals surface area contributed by atoms with Gasteiger partial charge < -0.3 is 19.8 Å². The predicted octanol–water partition coefficient (Wildman–Crippen LogP) is 4.99. The average molecular weight is 470 g/mol. The molecule has 0 saturated heterocycles. The Morgan fingerprint density at radius 1 is 1.11 bits per heavy atom. The number of methoxy groups -OCH3 is 1. The third kappa shape index (κ3) is 4.25. The molecule has 2 atom stereocenters. The molecule has 3 heterocycles. The Hall–Kier alpha value is -4.13. The number of hydrogen-bond donors (Lipinski definition) is 2. The summed E-state index contributed by atoms with van der Waals surface area (Å²) in [6.07, 6.45) is 4.26. The molecule has 7 nitrogen and oxygen atoms in total. The lowest BCUT2D eigenvalue weighted by Crippen LogP contribution is -2.37. The van der Waals surface area contributed by atoms with Crippen molar-refractivity contribution < 1.29 is 18.7 Å². The van der Waals surface area contributed by atoms with Crippen LogP contribution in [0, 0.1) is 6.92 Å². The number of carbonyl (C=O) groups is 2. The van der Waals surface area contributed by atoms with E-state index in [1.165, 1.54) is 0 Å². The number of Topliss-reactive ketones (excluding diaryl/α,β-unsaturated/α-hetero) is 1. The summed E-state index contributed by atoms with van der Waals surface area (Å²) in [7, 11) is 1.59. The number of hydrogen-bond acceptors (Lipinski definition) is 6. The quantitative estimate of drug-likeness (QED) is 0.547. The lowest BCUT2D eigenvalue weighted by atomic mass is 9.72. The van der Waals surface area contributed by atoms with E-state index < -0.39 is 5.92 Å². The third-order valence-electron chi connectivity index (χ3n) is 6.62. The first-order valence-electron chi connectivity index (χ1n) is 11.6. The molecule has 7 heteroatoms. The van der Waals surface area contributed by atoms with Gasteiger partial charge in [-0.3, -0.25) is 9.59 Å². The fourth-order valence-electron chi connectivity index (χ4n) is 5.01. The minimum absolute atomic E-state index is 0.0117. The molecule has 0 unspecified atom stereocenters.